The predicted molar refractivity (Wildman–Crippen MR) is 52.4 cm³/mol. The van der Waals surface area contributed by atoms with Gasteiger partial charge in [0.25, 0.3) is 0 Å². The molecule has 0 amide bonds. The van der Waals surface area contributed by atoms with Gasteiger partial charge in [0.15, 0.2) is 5.15 Å². The summed E-state index contributed by atoms with van der Waals surface area (Å²) in [7, 11) is 0. The van der Waals surface area contributed by atoms with Crippen LogP contribution in [0.2, 0.25) is 15.5 Å². The highest BCUT2D eigenvalue weighted by Crippen LogP contribution is 2.33. The number of hydrogen-bond donors (Lipinski definition) is 0. The second-order valence-electron chi connectivity index (χ2n) is 2.04. The molecule has 0 saturated heterocycles. The van der Waals surface area contributed by atoms with E-state index in [0.29, 0.717) is 15.7 Å². The monoisotopic (exact) mass is 238 g/mol. The number of halogens is 3. The third kappa shape index (κ3) is 1.27. The molecule has 6 heteroatoms. The van der Waals surface area contributed by atoms with E-state index < -0.39 is 0 Å². The van der Waals surface area contributed by atoms with Crippen molar-refractivity contribution in [2.24, 2.45) is 0 Å². The number of hydrogen-bond acceptors (Lipinski definition) is 3. The lowest BCUT2D eigenvalue weighted by molar-refractivity contribution is 1.23. The Kier molecular flexibility index (Phi) is 2.12. The lowest BCUT2D eigenvalue weighted by atomic mass is 10.5. The second kappa shape index (κ2) is 3.00. The first kappa shape index (κ1) is 8.51. The quantitative estimate of drug-likeness (QED) is 0.518. The fourth-order valence-corrected chi connectivity index (χ4v) is 2.42. The Morgan fingerprint density at radius 2 is 1.92 bits per heavy atom. The molecule has 0 bridgehead atoms. The van der Waals surface area contributed by atoms with Crippen LogP contribution in [0.4, 0.5) is 0 Å². The van der Waals surface area contributed by atoms with Crippen LogP contribution in [0.3, 0.4) is 0 Å². The highest BCUT2D eigenvalue weighted by molar-refractivity contribution is 7.18. The molecule has 0 aliphatic rings. The molecule has 0 atom stereocenters. The van der Waals surface area contributed by atoms with Gasteiger partial charge in [0, 0.05) is 5.38 Å². The van der Waals surface area contributed by atoms with Crippen molar-refractivity contribution >= 4 is 56.4 Å². The predicted octanol–water partition coefficient (Wildman–Crippen LogP) is 3.65. The molecule has 2 aromatic heterocycles. The zero-order chi connectivity index (χ0) is 8.72. The number of aromatic nitrogens is 2. The van der Waals surface area contributed by atoms with Crippen LogP contribution >= 0.6 is 46.1 Å². The summed E-state index contributed by atoms with van der Waals surface area (Å²) >= 11 is 18.6. The smallest absolute Gasteiger partial charge is 0.215 e. The van der Waals surface area contributed by atoms with Crippen molar-refractivity contribution in [3.05, 3.63) is 20.8 Å². The lowest BCUT2D eigenvalue weighted by Crippen LogP contribution is -1.82. The van der Waals surface area contributed by atoms with Crippen molar-refractivity contribution < 1.29 is 0 Å². The molecular formula is C6HCl3N2S. The Bertz CT molecular complexity index is 440. The third-order valence-electron chi connectivity index (χ3n) is 1.30. The Labute approximate surface area is 87.1 Å². The number of nitrogens with zero attached hydrogens (tertiary/aromatic N) is 2. The standard InChI is InChI=1S/C6HCl3N2S/c7-2-1-12-4-3(2)10-6(9)11-5(4)8/h1H. The van der Waals surface area contributed by atoms with Crippen LogP contribution in [0, 0.1) is 0 Å². The average molecular weight is 240 g/mol. The molecule has 0 radical (unpaired) electrons. The van der Waals surface area contributed by atoms with Crippen molar-refractivity contribution in [2.45, 2.75) is 0 Å². The maximum absolute atomic E-state index is 5.82. The Morgan fingerprint density at radius 3 is 2.67 bits per heavy atom. The van der Waals surface area contributed by atoms with Crippen LogP contribution in [0.15, 0.2) is 5.38 Å². The van der Waals surface area contributed by atoms with Gasteiger partial charge < -0.3 is 0 Å². The molecule has 0 spiro atoms. The second-order valence-corrected chi connectivity index (χ2v) is 4.03. The van der Waals surface area contributed by atoms with Crippen molar-refractivity contribution in [1.29, 1.82) is 0 Å². The Morgan fingerprint density at radius 1 is 1.17 bits per heavy atom. The SMILES string of the molecule is Clc1nc(Cl)c2scc(Cl)c2n1. The van der Waals surface area contributed by atoms with Crippen molar-refractivity contribution in [2.75, 3.05) is 0 Å². The first-order valence-electron chi connectivity index (χ1n) is 2.94. The minimum Gasteiger partial charge on any atom is -0.215 e. The van der Waals surface area contributed by atoms with Crippen LogP contribution in [-0.4, -0.2) is 9.97 Å². The van der Waals surface area contributed by atoms with Gasteiger partial charge in [-0.15, -0.1) is 11.3 Å². The van der Waals surface area contributed by atoms with Gasteiger partial charge in [-0.2, -0.15) is 0 Å². The molecule has 0 aliphatic heterocycles. The van der Waals surface area contributed by atoms with Gasteiger partial charge in [-0.3, -0.25) is 0 Å². The summed E-state index contributed by atoms with van der Waals surface area (Å²) < 4.78 is 0.770. The first-order chi connectivity index (χ1) is 5.68. The minimum atomic E-state index is 0.118. The summed E-state index contributed by atoms with van der Waals surface area (Å²) in [5.74, 6) is 0. The molecule has 0 aliphatic carbocycles. The normalized spacial score (nSPS) is 10.9. The van der Waals surface area contributed by atoms with Crippen molar-refractivity contribution in [1.82, 2.24) is 9.97 Å². The van der Waals surface area contributed by atoms with E-state index in [9.17, 15) is 0 Å². The maximum atomic E-state index is 5.82. The Hall–Kier alpha value is -0.0900. The van der Waals surface area contributed by atoms with Crippen molar-refractivity contribution in [3.8, 4) is 0 Å². The first-order valence-corrected chi connectivity index (χ1v) is 4.95. The van der Waals surface area contributed by atoms with Crippen LogP contribution in [-0.2, 0) is 0 Å². The molecule has 0 fully saturated rings. The van der Waals surface area contributed by atoms with Crippen molar-refractivity contribution in [3.63, 3.8) is 0 Å². The number of fused-ring (bicyclic) bond motifs is 1. The molecule has 2 aromatic rings. The van der Waals surface area contributed by atoms with Gasteiger partial charge in [0.1, 0.15) is 5.52 Å². The topological polar surface area (TPSA) is 25.8 Å². The largest absolute Gasteiger partial charge is 0.224 e. The fourth-order valence-electron chi connectivity index (χ4n) is 0.830. The fraction of sp³-hybridized carbons (Fsp3) is 0. The summed E-state index contributed by atoms with van der Waals surface area (Å²) in [6.45, 7) is 0. The molecular weight excluding hydrogens is 239 g/mol. The Balaban J connectivity index is 2.92. The van der Waals surface area contributed by atoms with E-state index >= 15 is 0 Å². The van der Waals surface area contributed by atoms with Gasteiger partial charge in [-0.1, -0.05) is 23.2 Å². The highest BCUT2D eigenvalue weighted by Gasteiger charge is 2.09. The lowest BCUT2D eigenvalue weighted by Gasteiger charge is -1.93. The van der Waals surface area contributed by atoms with Gasteiger partial charge in [-0.05, 0) is 11.6 Å². The molecule has 2 nitrogen and oxygen atoms in total. The van der Waals surface area contributed by atoms with Crippen LogP contribution in [0.25, 0.3) is 10.2 Å². The average Bonchev–Trinajstić information content (AvgIpc) is 2.33. The molecule has 62 valence electrons. The highest BCUT2D eigenvalue weighted by atomic mass is 35.5. The van der Waals surface area contributed by atoms with Gasteiger partial charge in [0.05, 0.1) is 9.72 Å². The number of thiophene rings is 1. The molecule has 2 heterocycles. The summed E-state index contributed by atoms with van der Waals surface area (Å²) in [5, 5.41) is 2.78. The molecule has 0 saturated carbocycles. The van der Waals surface area contributed by atoms with E-state index in [1.807, 2.05) is 0 Å². The molecule has 2 rings (SSSR count). The summed E-state index contributed by atoms with van der Waals surface area (Å²) in [5.41, 5.74) is 0.617. The minimum absolute atomic E-state index is 0.118. The summed E-state index contributed by atoms with van der Waals surface area (Å²) in [4.78, 5) is 7.73. The zero-order valence-electron chi connectivity index (χ0n) is 5.51. The molecule has 0 unspecified atom stereocenters. The summed E-state index contributed by atoms with van der Waals surface area (Å²) in [6, 6.07) is 0. The maximum Gasteiger partial charge on any atom is 0.224 e. The van der Waals surface area contributed by atoms with E-state index in [1.165, 1.54) is 11.3 Å². The third-order valence-corrected chi connectivity index (χ3v) is 3.25. The van der Waals surface area contributed by atoms with Crippen LogP contribution in [0.1, 0.15) is 0 Å². The van der Waals surface area contributed by atoms with E-state index in [1.54, 1.807) is 5.38 Å². The van der Waals surface area contributed by atoms with Crippen LogP contribution in [0.5, 0.6) is 0 Å². The van der Waals surface area contributed by atoms with E-state index in [0.717, 1.165) is 4.70 Å². The number of rotatable bonds is 0. The molecule has 12 heavy (non-hydrogen) atoms. The van der Waals surface area contributed by atoms with Crippen LogP contribution < -0.4 is 0 Å². The van der Waals surface area contributed by atoms with Gasteiger partial charge >= 0.3 is 0 Å². The van der Waals surface area contributed by atoms with E-state index in [4.69, 9.17) is 34.8 Å². The van der Waals surface area contributed by atoms with Gasteiger partial charge in [-0.25, -0.2) is 9.97 Å². The summed E-state index contributed by atoms with van der Waals surface area (Å²) in [6.07, 6.45) is 0. The van der Waals surface area contributed by atoms with E-state index in [2.05, 4.69) is 9.97 Å². The molecule has 0 N–H and O–H groups in total. The molecule has 0 aromatic carbocycles. The zero-order valence-corrected chi connectivity index (χ0v) is 8.60. The van der Waals surface area contributed by atoms with E-state index in [-0.39, 0.29) is 5.28 Å². The van der Waals surface area contributed by atoms with Gasteiger partial charge in [0.2, 0.25) is 5.28 Å².